The molecule has 122 valence electrons. The number of nitrogens with one attached hydrogen (secondary N) is 1. The summed E-state index contributed by atoms with van der Waals surface area (Å²) >= 11 is 0. The number of nitrogens with zero attached hydrogens (tertiary/aromatic N) is 1. The maximum atomic E-state index is 12.6. The average molecular weight is 314 g/mol. The molecule has 0 spiro atoms. The van der Waals surface area contributed by atoms with Crippen LogP contribution in [-0.4, -0.2) is 17.6 Å². The van der Waals surface area contributed by atoms with Gasteiger partial charge in [-0.2, -0.15) is 0 Å². The van der Waals surface area contributed by atoms with E-state index in [2.05, 4.69) is 10.5 Å². The quantitative estimate of drug-likeness (QED) is 0.914. The van der Waals surface area contributed by atoms with Crippen molar-refractivity contribution >= 4 is 5.91 Å². The van der Waals surface area contributed by atoms with Gasteiger partial charge in [0.05, 0.1) is 17.4 Å². The number of rotatable bonds is 5. The Kier molecular flexibility index (Phi) is 3.71. The molecule has 0 aromatic carbocycles. The summed E-state index contributed by atoms with van der Waals surface area (Å²) in [4.78, 5) is 12.6. The van der Waals surface area contributed by atoms with Crippen molar-refractivity contribution in [1.82, 2.24) is 10.5 Å². The normalized spacial score (nSPS) is 20.3. The van der Waals surface area contributed by atoms with E-state index in [1.165, 1.54) is 32.1 Å². The lowest BCUT2D eigenvalue weighted by Crippen LogP contribution is -2.38. The van der Waals surface area contributed by atoms with Crippen molar-refractivity contribution in [2.24, 2.45) is 5.92 Å². The van der Waals surface area contributed by atoms with Crippen LogP contribution in [0, 0.1) is 5.92 Å². The largest absolute Gasteiger partial charge is 0.461 e. The first kappa shape index (κ1) is 14.5. The fourth-order valence-electron chi connectivity index (χ4n) is 3.56. The van der Waals surface area contributed by atoms with E-state index in [0.717, 1.165) is 25.1 Å². The van der Waals surface area contributed by atoms with Crippen LogP contribution in [0.5, 0.6) is 0 Å². The van der Waals surface area contributed by atoms with Crippen molar-refractivity contribution < 1.29 is 13.7 Å². The van der Waals surface area contributed by atoms with Gasteiger partial charge in [-0.05, 0) is 43.7 Å². The number of carbonyl (C=O) groups is 1. The zero-order valence-electron chi connectivity index (χ0n) is 13.2. The van der Waals surface area contributed by atoms with Gasteiger partial charge in [0.1, 0.15) is 0 Å². The standard InChI is InChI=1S/C18H22N2O3/c21-17(19-12-13-5-2-1-3-6-13)18(8-9-18)16-11-15(23-20-16)14-7-4-10-22-14/h4,7,10-11,13H,1-3,5-6,8-9,12H2,(H,19,21). The molecule has 5 heteroatoms. The summed E-state index contributed by atoms with van der Waals surface area (Å²) in [7, 11) is 0. The molecule has 2 aromatic heterocycles. The molecule has 0 radical (unpaired) electrons. The molecule has 0 saturated heterocycles. The summed E-state index contributed by atoms with van der Waals surface area (Å²) in [6.07, 6.45) is 9.67. The summed E-state index contributed by atoms with van der Waals surface area (Å²) in [5.41, 5.74) is 0.244. The Morgan fingerprint density at radius 2 is 2.09 bits per heavy atom. The summed E-state index contributed by atoms with van der Waals surface area (Å²) in [6.45, 7) is 0.795. The van der Waals surface area contributed by atoms with Gasteiger partial charge in [0.15, 0.2) is 5.76 Å². The topological polar surface area (TPSA) is 68.3 Å². The first-order chi connectivity index (χ1) is 11.3. The lowest BCUT2D eigenvalue weighted by molar-refractivity contribution is -0.123. The predicted octanol–water partition coefficient (Wildman–Crippen LogP) is 3.66. The zero-order valence-corrected chi connectivity index (χ0v) is 13.2. The molecule has 0 atom stereocenters. The number of hydrogen-bond acceptors (Lipinski definition) is 4. The maximum Gasteiger partial charge on any atom is 0.232 e. The lowest BCUT2D eigenvalue weighted by Gasteiger charge is -2.23. The molecule has 23 heavy (non-hydrogen) atoms. The third kappa shape index (κ3) is 2.80. The van der Waals surface area contributed by atoms with Crippen LogP contribution in [-0.2, 0) is 10.2 Å². The Balaban J connectivity index is 1.42. The van der Waals surface area contributed by atoms with Gasteiger partial charge in [-0.25, -0.2) is 0 Å². The van der Waals surface area contributed by atoms with E-state index >= 15 is 0 Å². The van der Waals surface area contributed by atoms with Crippen molar-refractivity contribution in [3.63, 3.8) is 0 Å². The highest BCUT2D eigenvalue weighted by Gasteiger charge is 2.53. The van der Waals surface area contributed by atoms with Gasteiger partial charge in [0.25, 0.3) is 0 Å². The van der Waals surface area contributed by atoms with E-state index < -0.39 is 5.41 Å². The van der Waals surface area contributed by atoms with Crippen LogP contribution in [0.15, 0.2) is 33.4 Å². The smallest absolute Gasteiger partial charge is 0.232 e. The highest BCUT2D eigenvalue weighted by Crippen LogP contribution is 2.48. The Hall–Kier alpha value is -2.04. The monoisotopic (exact) mass is 314 g/mol. The van der Waals surface area contributed by atoms with Crippen LogP contribution >= 0.6 is 0 Å². The highest BCUT2D eigenvalue weighted by atomic mass is 16.5. The third-order valence-electron chi connectivity index (χ3n) is 5.23. The Labute approximate surface area is 135 Å². The fraction of sp³-hybridized carbons (Fsp3) is 0.556. The summed E-state index contributed by atoms with van der Waals surface area (Å²) in [5.74, 6) is 1.96. The minimum Gasteiger partial charge on any atom is -0.461 e. The predicted molar refractivity (Wildman–Crippen MR) is 84.7 cm³/mol. The van der Waals surface area contributed by atoms with E-state index in [1.807, 2.05) is 12.1 Å². The number of carbonyl (C=O) groups excluding carboxylic acids is 1. The van der Waals surface area contributed by atoms with Gasteiger partial charge in [0.2, 0.25) is 11.7 Å². The second kappa shape index (κ2) is 5.87. The summed E-state index contributed by atoms with van der Waals surface area (Å²) in [5, 5.41) is 7.28. The minimum absolute atomic E-state index is 0.0994. The van der Waals surface area contributed by atoms with Gasteiger partial charge in [0, 0.05) is 12.6 Å². The number of hydrogen-bond donors (Lipinski definition) is 1. The Morgan fingerprint density at radius 1 is 1.26 bits per heavy atom. The Morgan fingerprint density at radius 3 is 2.78 bits per heavy atom. The Bertz CT molecular complexity index is 664. The summed E-state index contributed by atoms with van der Waals surface area (Å²) in [6, 6.07) is 5.47. The van der Waals surface area contributed by atoms with E-state index in [-0.39, 0.29) is 5.91 Å². The van der Waals surface area contributed by atoms with Crippen LogP contribution in [0.1, 0.15) is 50.6 Å². The molecule has 2 saturated carbocycles. The molecule has 1 amide bonds. The minimum atomic E-state index is -0.483. The molecule has 2 aliphatic carbocycles. The molecule has 2 fully saturated rings. The van der Waals surface area contributed by atoms with E-state index in [9.17, 15) is 4.79 Å². The van der Waals surface area contributed by atoms with Crippen LogP contribution in [0.25, 0.3) is 11.5 Å². The molecule has 0 bridgehead atoms. The molecule has 0 aliphatic heterocycles. The van der Waals surface area contributed by atoms with Crippen molar-refractivity contribution in [3.05, 3.63) is 30.2 Å². The van der Waals surface area contributed by atoms with Gasteiger partial charge in [-0.1, -0.05) is 24.4 Å². The van der Waals surface area contributed by atoms with Crippen molar-refractivity contribution in [2.75, 3.05) is 6.54 Å². The molecule has 5 nitrogen and oxygen atoms in total. The average Bonchev–Trinajstić information content (AvgIpc) is 3.02. The summed E-state index contributed by atoms with van der Waals surface area (Å²) < 4.78 is 10.7. The fourth-order valence-corrected chi connectivity index (χ4v) is 3.56. The van der Waals surface area contributed by atoms with Gasteiger partial charge in [-0.3, -0.25) is 4.79 Å². The van der Waals surface area contributed by atoms with Crippen molar-refractivity contribution in [3.8, 4) is 11.5 Å². The van der Waals surface area contributed by atoms with E-state index in [1.54, 1.807) is 12.3 Å². The molecule has 4 rings (SSSR count). The van der Waals surface area contributed by atoms with Crippen LogP contribution in [0.2, 0.25) is 0 Å². The van der Waals surface area contributed by atoms with Crippen LogP contribution in [0.3, 0.4) is 0 Å². The molecule has 0 unspecified atom stereocenters. The molecular formula is C18H22N2O3. The second-order valence-corrected chi connectivity index (χ2v) is 6.85. The van der Waals surface area contributed by atoms with Gasteiger partial charge in [-0.15, -0.1) is 0 Å². The number of aromatic nitrogens is 1. The number of furan rings is 1. The molecular weight excluding hydrogens is 292 g/mol. The first-order valence-electron chi connectivity index (χ1n) is 8.57. The van der Waals surface area contributed by atoms with Gasteiger partial charge < -0.3 is 14.3 Å². The molecule has 2 aliphatic rings. The SMILES string of the molecule is O=C(NCC1CCCCC1)C1(c2cc(-c3ccco3)on2)CC1. The second-order valence-electron chi connectivity index (χ2n) is 6.85. The molecule has 1 N–H and O–H groups in total. The maximum absolute atomic E-state index is 12.6. The zero-order chi connectivity index (χ0) is 15.7. The van der Waals surface area contributed by atoms with Gasteiger partial charge >= 0.3 is 0 Å². The molecule has 2 aromatic rings. The van der Waals surface area contributed by atoms with Crippen LogP contribution in [0.4, 0.5) is 0 Å². The van der Waals surface area contributed by atoms with Crippen LogP contribution < -0.4 is 5.32 Å². The number of amides is 1. The molecule has 2 heterocycles. The van der Waals surface area contributed by atoms with E-state index in [0.29, 0.717) is 17.4 Å². The van der Waals surface area contributed by atoms with E-state index in [4.69, 9.17) is 8.94 Å². The highest BCUT2D eigenvalue weighted by molar-refractivity contribution is 5.90. The van der Waals surface area contributed by atoms with Crippen molar-refractivity contribution in [1.29, 1.82) is 0 Å². The first-order valence-corrected chi connectivity index (χ1v) is 8.57. The lowest BCUT2D eigenvalue weighted by atomic mass is 9.89. The third-order valence-corrected chi connectivity index (χ3v) is 5.23. The van der Waals surface area contributed by atoms with Crippen molar-refractivity contribution in [2.45, 2.75) is 50.4 Å².